The van der Waals surface area contributed by atoms with E-state index in [4.69, 9.17) is 4.74 Å². The van der Waals surface area contributed by atoms with Gasteiger partial charge in [-0.05, 0) is 24.2 Å². The molecule has 1 rings (SSSR count). The van der Waals surface area contributed by atoms with Crippen LogP contribution in [0.25, 0.3) is 0 Å². The van der Waals surface area contributed by atoms with Crippen molar-refractivity contribution in [2.75, 3.05) is 6.61 Å². The third kappa shape index (κ3) is 1.96. The molecule has 1 aliphatic heterocycles. The van der Waals surface area contributed by atoms with Crippen molar-refractivity contribution in [1.82, 2.24) is 0 Å². The van der Waals surface area contributed by atoms with Gasteiger partial charge in [0.2, 0.25) is 0 Å². The number of rotatable bonds is 2. The summed E-state index contributed by atoms with van der Waals surface area (Å²) in [5.74, 6) is 0.684. The van der Waals surface area contributed by atoms with Gasteiger partial charge in [-0.2, -0.15) is 0 Å². The van der Waals surface area contributed by atoms with Gasteiger partial charge in [0, 0.05) is 0 Å². The molecule has 1 fully saturated rings. The van der Waals surface area contributed by atoms with Gasteiger partial charge in [0.25, 0.3) is 0 Å². The Balaban J connectivity index is 2.46. The Kier molecular flexibility index (Phi) is 2.58. The Morgan fingerprint density at radius 2 is 2.18 bits per heavy atom. The fourth-order valence-corrected chi connectivity index (χ4v) is 1.59. The van der Waals surface area contributed by atoms with Crippen LogP contribution >= 0.6 is 0 Å². The summed E-state index contributed by atoms with van der Waals surface area (Å²) in [5.41, 5.74) is 0.467. The zero-order valence-electron chi connectivity index (χ0n) is 8.18. The first-order chi connectivity index (χ1) is 5.07. The van der Waals surface area contributed by atoms with E-state index in [0.717, 1.165) is 6.61 Å². The maximum atomic E-state index is 5.72. The lowest BCUT2D eigenvalue weighted by molar-refractivity contribution is 0.0674. The molecule has 0 radical (unpaired) electrons. The summed E-state index contributed by atoms with van der Waals surface area (Å²) >= 11 is 0. The van der Waals surface area contributed by atoms with Gasteiger partial charge in [0.1, 0.15) is 0 Å². The molecule has 0 N–H and O–H groups in total. The van der Waals surface area contributed by atoms with Crippen LogP contribution in [0.1, 0.15) is 40.5 Å². The molecule has 1 nitrogen and oxygen atoms in total. The summed E-state index contributed by atoms with van der Waals surface area (Å²) in [6.45, 7) is 10.0. The normalized spacial score (nSPS) is 38.5. The summed E-state index contributed by atoms with van der Waals surface area (Å²) in [6, 6.07) is 0. The maximum absolute atomic E-state index is 5.72. The molecule has 1 aliphatic rings. The van der Waals surface area contributed by atoms with Gasteiger partial charge in [-0.1, -0.05) is 27.7 Å². The first-order valence-corrected chi connectivity index (χ1v) is 4.69. The lowest BCUT2D eigenvalue weighted by Crippen LogP contribution is -2.17. The van der Waals surface area contributed by atoms with Crippen LogP contribution in [-0.2, 0) is 4.74 Å². The fraction of sp³-hybridized carbons (Fsp3) is 1.00. The lowest BCUT2D eigenvalue weighted by Gasteiger charge is -2.19. The van der Waals surface area contributed by atoms with E-state index in [0.29, 0.717) is 17.4 Å². The summed E-state index contributed by atoms with van der Waals surface area (Å²) in [5, 5.41) is 0. The second-order valence-electron chi connectivity index (χ2n) is 4.46. The number of hydrogen-bond acceptors (Lipinski definition) is 1. The van der Waals surface area contributed by atoms with Crippen molar-refractivity contribution < 1.29 is 4.74 Å². The molecule has 2 atom stereocenters. The van der Waals surface area contributed by atoms with Crippen molar-refractivity contribution in [3.05, 3.63) is 0 Å². The molecule has 0 amide bonds. The van der Waals surface area contributed by atoms with Gasteiger partial charge < -0.3 is 4.74 Å². The number of ether oxygens (including phenoxy) is 1. The smallest absolute Gasteiger partial charge is 0.0604 e. The van der Waals surface area contributed by atoms with Crippen LogP contribution in [0, 0.1) is 11.3 Å². The van der Waals surface area contributed by atoms with Crippen molar-refractivity contribution >= 4 is 0 Å². The van der Waals surface area contributed by atoms with E-state index in [1.165, 1.54) is 12.8 Å². The maximum Gasteiger partial charge on any atom is 0.0604 e. The molecule has 0 spiro atoms. The molecule has 66 valence electrons. The second kappa shape index (κ2) is 3.14. The molecule has 1 heterocycles. The highest BCUT2D eigenvalue weighted by Crippen LogP contribution is 2.37. The predicted octanol–water partition coefficient (Wildman–Crippen LogP) is 2.85. The van der Waals surface area contributed by atoms with Gasteiger partial charge in [-0.25, -0.2) is 0 Å². The first-order valence-electron chi connectivity index (χ1n) is 4.69. The van der Waals surface area contributed by atoms with E-state index in [9.17, 15) is 0 Å². The highest BCUT2D eigenvalue weighted by atomic mass is 16.5. The van der Waals surface area contributed by atoms with Crippen molar-refractivity contribution in [1.29, 1.82) is 0 Å². The van der Waals surface area contributed by atoms with E-state index in [1.54, 1.807) is 0 Å². The number of hydrogen-bond donors (Lipinski definition) is 0. The van der Waals surface area contributed by atoms with Crippen molar-refractivity contribution in [2.24, 2.45) is 11.3 Å². The standard InChI is InChI=1S/C10H20O/c1-5-10(4)6-9(8(2)3)11-7-10/h8-9H,5-7H2,1-4H3. The van der Waals surface area contributed by atoms with Crippen LogP contribution in [0.4, 0.5) is 0 Å². The SMILES string of the molecule is CCC1(C)COC(C(C)C)C1. The van der Waals surface area contributed by atoms with E-state index >= 15 is 0 Å². The topological polar surface area (TPSA) is 9.23 Å². The summed E-state index contributed by atoms with van der Waals surface area (Å²) in [6.07, 6.45) is 3.01. The largest absolute Gasteiger partial charge is 0.377 e. The highest BCUT2D eigenvalue weighted by molar-refractivity contribution is 4.84. The summed E-state index contributed by atoms with van der Waals surface area (Å²) < 4.78 is 5.72. The molecule has 0 aromatic carbocycles. The second-order valence-corrected chi connectivity index (χ2v) is 4.46. The Bertz CT molecular complexity index is 131. The summed E-state index contributed by atoms with van der Waals surface area (Å²) in [7, 11) is 0. The van der Waals surface area contributed by atoms with E-state index in [2.05, 4.69) is 27.7 Å². The highest BCUT2D eigenvalue weighted by Gasteiger charge is 2.35. The zero-order chi connectivity index (χ0) is 8.48. The molecular formula is C10H20O. The van der Waals surface area contributed by atoms with Gasteiger partial charge in [0.05, 0.1) is 12.7 Å². The van der Waals surface area contributed by atoms with Crippen LogP contribution in [-0.4, -0.2) is 12.7 Å². The molecule has 0 saturated carbocycles. The van der Waals surface area contributed by atoms with Crippen molar-refractivity contribution in [3.8, 4) is 0 Å². The molecule has 0 aliphatic carbocycles. The Hall–Kier alpha value is -0.0400. The molecule has 0 aromatic heterocycles. The van der Waals surface area contributed by atoms with Crippen molar-refractivity contribution in [2.45, 2.75) is 46.6 Å². The third-order valence-corrected chi connectivity index (χ3v) is 2.94. The van der Waals surface area contributed by atoms with Gasteiger partial charge >= 0.3 is 0 Å². The van der Waals surface area contributed by atoms with Gasteiger partial charge in [-0.15, -0.1) is 0 Å². The van der Waals surface area contributed by atoms with Crippen LogP contribution < -0.4 is 0 Å². The van der Waals surface area contributed by atoms with Gasteiger partial charge in [-0.3, -0.25) is 0 Å². The van der Waals surface area contributed by atoms with E-state index in [-0.39, 0.29) is 0 Å². The molecule has 11 heavy (non-hydrogen) atoms. The minimum atomic E-state index is 0.467. The fourth-order valence-electron chi connectivity index (χ4n) is 1.59. The molecule has 1 heteroatoms. The van der Waals surface area contributed by atoms with Crippen LogP contribution in [0.5, 0.6) is 0 Å². The van der Waals surface area contributed by atoms with Crippen LogP contribution in [0.15, 0.2) is 0 Å². The van der Waals surface area contributed by atoms with E-state index in [1.807, 2.05) is 0 Å². The Morgan fingerprint density at radius 3 is 2.45 bits per heavy atom. The average molecular weight is 156 g/mol. The lowest BCUT2D eigenvalue weighted by atomic mass is 9.83. The summed E-state index contributed by atoms with van der Waals surface area (Å²) in [4.78, 5) is 0. The third-order valence-electron chi connectivity index (χ3n) is 2.94. The van der Waals surface area contributed by atoms with Crippen LogP contribution in [0.3, 0.4) is 0 Å². The minimum absolute atomic E-state index is 0.467. The Labute approximate surface area is 70.1 Å². The molecule has 2 unspecified atom stereocenters. The molecule has 0 bridgehead atoms. The zero-order valence-corrected chi connectivity index (χ0v) is 8.18. The quantitative estimate of drug-likeness (QED) is 0.597. The average Bonchev–Trinajstić information content (AvgIpc) is 2.33. The molecule has 1 saturated heterocycles. The molecule has 0 aromatic rings. The van der Waals surface area contributed by atoms with E-state index < -0.39 is 0 Å². The minimum Gasteiger partial charge on any atom is -0.377 e. The Morgan fingerprint density at radius 1 is 1.55 bits per heavy atom. The molecular weight excluding hydrogens is 136 g/mol. The monoisotopic (exact) mass is 156 g/mol. The van der Waals surface area contributed by atoms with Crippen LogP contribution in [0.2, 0.25) is 0 Å². The van der Waals surface area contributed by atoms with Crippen molar-refractivity contribution in [3.63, 3.8) is 0 Å². The predicted molar refractivity (Wildman–Crippen MR) is 47.6 cm³/mol. The van der Waals surface area contributed by atoms with Gasteiger partial charge in [0.15, 0.2) is 0 Å². The first kappa shape index (κ1) is 9.05.